The molecule has 0 saturated carbocycles. The number of methoxy groups -OCH3 is 1. The molecule has 3 fully saturated rings. The molecule has 2 bridgehead atoms. The predicted octanol–water partition coefficient (Wildman–Crippen LogP) is 5.53. The van der Waals surface area contributed by atoms with E-state index in [4.69, 9.17) is 27.9 Å². The van der Waals surface area contributed by atoms with E-state index in [-0.39, 0.29) is 17.9 Å². The number of rotatable bonds is 6. The number of carbonyl (C=O) groups is 1. The molecule has 0 aliphatic carbocycles. The highest BCUT2D eigenvalue weighted by Gasteiger charge is 2.46. The molecule has 0 unspecified atom stereocenters. The predicted molar refractivity (Wildman–Crippen MR) is 138 cm³/mol. The fourth-order valence-electron chi connectivity index (χ4n) is 6.08. The quantitative estimate of drug-likeness (QED) is 0.564. The van der Waals surface area contributed by atoms with Gasteiger partial charge in [0.05, 0.1) is 7.11 Å². The number of ether oxygens (including phenoxy) is 1. The lowest BCUT2D eigenvalue weighted by Crippen LogP contribution is -2.46. The number of hydrogen-bond donors (Lipinski definition) is 1. The Balaban J connectivity index is 1.17. The number of amides is 1. The van der Waals surface area contributed by atoms with Crippen molar-refractivity contribution in [1.82, 2.24) is 10.2 Å². The summed E-state index contributed by atoms with van der Waals surface area (Å²) >= 11 is 12.4. The van der Waals surface area contributed by atoms with Crippen LogP contribution in [0.25, 0.3) is 0 Å². The van der Waals surface area contributed by atoms with Crippen molar-refractivity contribution < 1.29 is 9.53 Å². The van der Waals surface area contributed by atoms with Gasteiger partial charge in [-0.3, -0.25) is 9.69 Å². The first-order chi connectivity index (χ1) is 16.5. The number of nitrogens with one attached hydrogen (secondary N) is 1. The molecule has 0 radical (unpaired) electrons. The van der Waals surface area contributed by atoms with Gasteiger partial charge >= 0.3 is 0 Å². The van der Waals surface area contributed by atoms with Gasteiger partial charge in [-0.25, -0.2) is 0 Å². The van der Waals surface area contributed by atoms with Crippen LogP contribution in [0.5, 0.6) is 5.75 Å². The number of halogens is 2. The summed E-state index contributed by atoms with van der Waals surface area (Å²) in [6.07, 6.45) is 6.22. The number of hydrogen-bond acceptors (Lipinski definition) is 4. The van der Waals surface area contributed by atoms with Gasteiger partial charge in [0, 0.05) is 59.4 Å². The van der Waals surface area contributed by atoms with E-state index in [0.717, 1.165) is 56.8 Å². The van der Waals surface area contributed by atoms with Crippen LogP contribution in [-0.4, -0.2) is 49.1 Å². The van der Waals surface area contributed by atoms with Crippen molar-refractivity contribution >= 4 is 34.8 Å². The molecular formula is C27H33Cl2N3O2. The van der Waals surface area contributed by atoms with Gasteiger partial charge in [-0.05, 0) is 74.4 Å². The Hall–Kier alpha value is -1.95. The monoisotopic (exact) mass is 501 g/mol. The Morgan fingerprint density at radius 3 is 2.53 bits per heavy atom. The van der Waals surface area contributed by atoms with Gasteiger partial charge in [-0.2, -0.15) is 0 Å². The van der Waals surface area contributed by atoms with Crippen LogP contribution in [0.4, 0.5) is 5.69 Å². The first-order valence-corrected chi connectivity index (χ1v) is 13.2. The van der Waals surface area contributed by atoms with Gasteiger partial charge < -0.3 is 15.0 Å². The van der Waals surface area contributed by atoms with Crippen LogP contribution in [0, 0.1) is 5.92 Å². The highest BCUT2D eigenvalue weighted by Crippen LogP contribution is 2.39. The van der Waals surface area contributed by atoms with Crippen LogP contribution in [-0.2, 0) is 11.3 Å². The van der Waals surface area contributed by atoms with Gasteiger partial charge in [-0.15, -0.1) is 0 Å². The molecule has 5 nitrogen and oxygen atoms in total. The smallest absolute Gasteiger partial charge is 0.223 e. The van der Waals surface area contributed by atoms with Gasteiger partial charge in [-0.1, -0.05) is 35.3 Å². The van der Waals surface area contributed by atoms with Crippen molar-refractivity contribution in [3.8, 4) is 5.75 Å². The van der Waals surface area contributed by atoms with Crippen molar-refractivity contribution in [2.24, 2.45) is 5.92 Å². The van der Waals surface area contributed by atoms with E-state index in [1.54, 1.807) is 13.2 Å². The van der Waals surface area contributed by atoms with Crippen LogP contribution >= 0.6 is 23.2 Å². The maximum atomic E-state index is 13.3. The van der Waals surface area contributed by atoms with Crippen LogP contribution in [0.2, 0.25) is 10.0 Å². The molecule has 34 heavy (non-hydrogen) atoms. The molecule has 182 valence electrons. The second-order valence-electron chi connectivity index (χ2n) is 9.91. The lowest BCUT2D eigenvalue weighted by molar-refractivity contribution is -0.126. The summed E-state index contributed by atoms with van der Waals surface area (Å²) in [5.41, 5.74) is 2.34. The Morgan fingerprint density at radius 1 is 1.03 bits per heavy atom. The molecule has 2 aromatic carbocycles. The van der Waals surface area contributed by atoms with Gasteiger partial charge in [0.1, 0.15) is 5.75 Å². The highest BCUT2D eigenvalue weighted by molar-refractivity contribution is 6.35. The third-order valence-corrected chi connectivity index (χ3v) is 8.28. The fourth-order valence-corrected chi connectivity index (χ4v) is 6.60. The van der Waals surface area contributed by atoms with Crippen molar-refractivity contribution in [3.05, 3.63) is 58.1 Å². The van der Waals surface area contributed by atoms with Crippen molar-refractivity contribution in [3.63, 3.8) is 0 Å². The first kappa shape index (κ1) is 23.8. The number of fused-ring (bicyclic) bond motifs is 2. The SMILES string of the molecule is COc1ccc(CN2[C@H]3CC[C@@H]2[C@H](NC(=O)[C@H]2CCCN(c4cc(Cl)cc(Cl)c4)CC2)C3)cc1. The summed E-state index contributed by atoms with van der Waals surface area (Å²) < 4.78 is 5.29. The largest absolute Gasteiger partial charge is 0.497 e. The van der Waals surface area contributed by atoms with E-state index in [0.29, 0.717) is 22.1 Å². The van der Waals surface area contributed by atoms with E-state index >= 15 is 0 Å². The normalized spacial score (nSPS) is 27.0. The Labute approximate surface area is 212 Å². The molecule has 4 atom stereocenters. The second kappa shape index (κ2) is 10.3. The lowest BCUT2D eigenvalue weighted by Gasteiger charge is -2.27. The average molecular weight is 502 g/mol. The minimum atomic E-state index is 0.0637. The number of anilines is 1. The first-order valence-electron chi connectivity index (χ1n) is 12.4. The molecule has 1 N–H and O–H groups in total. The third kappa shape index (κ3) is 5.17. The maximum Gasteiger partial charge on any atom is 0.223 e. The van der Waals surface area contributed by atoms with Crippen molar-refractivity contribution in [2.75, 3.05) is 25.1 Å². The Kier molecular flexibility index (Phi) is 7.24. The molecule has 1 amide bonds. The topological polar surface area (TPSA) is 44.8 Å². The van der Waals surface area contributed by atoms with Crippen LogP contribution in [0.3, 0.4) is 0 Å². The Bertz CT molecular complexity index is 995. The summed E-state index contributed by atoms with van der Waals surface area (Å²) in [5.74, 6) is 1.18. The maximum absolute atomic E-state index is 13.3. The molecule has 3 aliphatic rings. The molecule has 0 spiro atoms. The van der Waals surface area contributed by atoms with E-state index < -0.39 is 0 Å². The van der Waals surface area contributed by atoms with E-state index in [1.165, 1.54) is 18.4 Å². The molecular weight excluding hydrogens is 469 g/mol. The Morgan fingerprint density at radius 2 is 1.79 bits per heavy atom. The molecule has 5 rings (SSSR count). The zero-order valence-corrected chi connectivity index (χ0v) is 21.2. The molecule has 2 aromatic rings. The molecule has 0 aromatic heterocycles. The zero-order chi connectivity index (χ0) is 23.7. The minimum absolute atomic E-state index is 0.0637. The lowest BCUT2D eigenvalue weighted by atomic mass is 9.93. The van der Waals surface area contributed by atoms with Gasteiger partial charge in [0.25, 0.3) is 0 Å². The molecule has 3 aliphatic heterocycles. The number of nitrogens with zero attached hydrogens (tertiary/aromatic N) is 2. The van der Waals surface area contributed by atoms with Gasteiger partial charge in [0.2, 0.25) is 5.91 Å². The highest BCUT2D eigenvalue weighted by atomic mass is 35.5. The second-order valence-corrected chi connectivity index (χ2v) is 10.8. The summed E-state index contributed by atoms with van der Waals surface area (Å²) in [4.78, 5) is 18.2. The summed E-state index contributed by atoms with van der Waals surface area (Å²) in [6.45, 7) is 2.70. The standard InChI is InChI=1S/C27H33Cl2N3O2/c1-34-24-7-4-18(5-8-24)17-32-22-6-9-26(32)25(16-22)30-27(33)19-3-2-11-31(12-10-19)23-14-20(28)13-21(29)15-23/h4-5,7-8,13-15,19,22,25-26H,2-3,6,9-12,16-17H2,1H3,(H,30,33)/t19-,22-,25+,26+/m0/s1. The van der Waals surface area contributed by atoms with E-state index in [2.05, 4.69) is 27.2 Å². The van der Waals surface area contributed by atoms with Crippen LogP contribution in [0.15, 0.2) is 42.5 Å². The van der Waals surface area contributed by atoms with Crippen LogP contribution in [0.1, 0.15) is 44.1 Å². The van der Waals surface area contributed by atoms with E-state index in [9.17, 15) is 4.79 Å². The van der Waals surface area contributed by atoms with E-state index in [1.807, 2.05) is 24.3 Å². The summed E-state index contributed by atoms with van der Waals surface area (Å²) in [5, 5.41) is 4.75. The molecule has 3 saturated heterocycles. The van der Waals surface area contributed by atoms with Crippen LogP contribution < -0.4 is 15.0 Å². The number of carbonyl (C=O) groups excluding carboxylic acids is 1. The average Bonchev–Trinajstić information content (AvgIpc) is 3.22. The molecule has 3 heterocycles. The summed E-state index contributed by atoms with van der Waals surface area (Å²) in [6, 6.07) is 15.3. The van der Waals surface area contributed by atoms with Gasteiger partial charge in [0.15, 0.2) is 0 Å². The fraction of sp³-hybridized carbons (Fsp3) is 0.519. The third-order valence-electron chi connectivity index (χ3n) is 7.84. The number of benzene rings is 2. The summed E-state index contributed by atoms with van der Waals surface area (Å²) in [7, 11) is 1.70. The minimum Gasteiger partial charge on any atom is -0.497 e. The van der Waals surface area contributed by atoms with Crippen molar-refractivity contribution in [2.45, 2.75) is 63.2 Å². The molecule has 7 heteroatoms. The zero-order valence-electron chi connectivity index (χ0n) is 19.7. The van der Waals surface area contributed by atoms with Crippen molar-refractivity contribution in [1.29, 1.82) is 0 Å².